The van der Waals surface area contributed by atoms with Gasteiger partial charge in [0.05, 0.1) is 28.2 Å². The number of nitrogens with one attached hydrogen (secondary N) is 2. The van der Waals surface area contributed by atoms with Crippen molar-refractivity contribution < 1.29 is 0 Å². The molecule has 4 aromatic rings. The number of aryl methyl sites for hydroxylation is 1. The number of hydrogen-bond acceptors (Lipinski definition) is 7. The van der Waals surface area contributed by atoms with E-state index >= 15 is 0 Å². The monoisotopic (exact) mass is 523 g/mol. The third kappa shape index (κ3) is 3.82. The topological polar surface area (TPSA) is 90.3 Å². The Kier molecular flexibility index (Phi) is 5.44. The maximum atomic E-state index is 5.09. The molecule has 10 heteroatoms. The molecule has 2 atom stereocenters. The van der Waals surface area contributed by atoms with E-state index in [2.05, 4.69) is 80.1 Å². The van der Waals surface area contributed by atoms with Crippen LogP contribution >= 0.6 is 15.9 Å². The summed E-state index contributed by atoms with van der Waals surface area (Å²) >= 11 is 3.65. The van der Waals surface area contributed by atoms with Gasteiger partial charge in [0.15, 0.2) is 5.65 Å². The number of halogens is 1. The average molecular weight is 524 g/mol. The Hall–Kier alpha value is -2.72. The van der Waals surface area contributed by atoms with Gasteiger partial charge in [0.25, 0.3) is 0 Å². The van der Waals surface area contributed by atoms with Crippen molar-refractivity contribution in [3.05, 3.63) is 40.3 Å². The van der Waals surface area contributed by atoms with Gasteiger partial charge in [-0.2, -0.15) is 19.6 Å². The summed E-state index contributed by atoms with van der Waals surface area (Å²) in [5.41, 5.74) is 4.04. The summed E-state index contributed by atoms with van der Waals surface area (Å²) in [5.74, 6) is 3.11. The van der Waals surface area contributed by atoms with Gasteiger partial charge in [-0.1, -0.05) is 6.07 Å². The maximum Gasteiger partial charge on any atom is 0.232 e. The normalized spacial score (nSPS) is 20.6. The molecule has 0 spiro atoms. The van der Waals surface area contributed by atoms with E-state index < -0.39 is 0 Å². The molecule has 1 aromatic carbocycles. The molecule has 0 saturated carbocycles. The minimum absolute atomic E-state index is 0.187. The number of hydrogen-bond donors (Lipinski definition) is 2. The standard InChI is InChI=1S/C24H30BrN9/c1-14(2)33(13-21-28-18-7-6-15(3)9-19(18)29-21)24-31-23(30-22-17(25)10-27-34(22)24)32-11-16-5-4-8-26-20(16)12-32/h6-7,9-10,14,16,20,26H,4-5,8,11-13H2,1-3H3,(H,28,29)/t16-,20+/m0/s1. The second-order valence-electron chi connectivity index (χ2n) is 9.85. The first-order valence-corrected chi connectivity index (χ1v) is 12.9. The molecule has 2 fully saturated rings. The van der Waals surface area contributed by atoms with Crippen LogP contribution in [0, 0.1) is 12.8 Å². The summed E-state index contributed by atoms with van der Waals surface area (Å²) in [6.45, 7) is 10.1. The first-order valence-electron chi connectivity index (χ1n) is 12.1. The molecule has 0 bridgehead atoms. The molecule has 34 heavy (non-hydrogen) atoms. The smallest absolute Gasteiger partial charge is 0.232 e. The Morgan fingerprint density at radius 1 is 1.21 bits per heavy atom. The average Bonchev–Trinajstić information content (AvgIpc) is 3.53. The van der Waals surface area contributed by atoms with Gasteiger partial charge in [0.2, 0.25) is 11.9 Å². The van der Waals surface area contributed by atoms with Gasteiger partial charge in [0, 0.05) is 25.2 Å². The van der Waals surface area contributed by atoms with Crippen molar-refractivity contribution in [2.45, 2.75) is 52.2 Å². The molecular weight excluding hydrogens is 494 g/mol. The molecule has 6 rings (SSSR count). The van der Waals surface area contributed by atoms with Gasteiger partial charge in [-0.15, -0.1) is 0 Å². The zero-order chi connectivity index (χ0) is 23.4. The van der Waals surface area contributed by atoms with E-state index in [1.807, 2.05) is 4.52 Å². The van der Waals surface area contributed by atoms with E-state index in [1.165, 1.54) is 18.4 Å². The lowest BCUT2D eigenvalue weighted by Gasteiger charge is -2.28. The predicted molar refractivity (Wildman–Crippen MR) is 137 cm³/mol. The summed E-state index contributed by atoms with van der Waals surface area (Å²) in [6.07, 6.45) is 4.31. The molecule has 2 saturated heterocycles. The molecule has 0 radical (unpaired) electrons. The van der Waals surface area contributed by atoms with Crippen LogP contribution in [0.1, 0.15) is 38.1 Å². The Morgan fingerprint density at radius 2 is 2.09 bits per heavy atom. The molecule has 9 nitrogen and oxygen atoms in total. The largest absolute Gasteiger partial charge is 0.340 e. The van der Waals surface area contributed by atoms with Crippen molar-refractivity contribution >= 4 is 44.5 Å². The highest BCUT2D eigenvalue weighted by Crippen LogP contribution is 2.31. The SMILES string of the molecule is Cc1ccc2nc(CN(c3nc(N4C[C@@H]5CCCN[C@@H]5C4)nc4c(Br)cnn34)C(C)C)[nH]c2c1. The maximum absolute atomic E-state index is 5.09. The summed E-state index contributed by atoms with van der Waals surface area (Å²) in [5, 5.41) is 8.28. The number of benzene rings is 1. The van der Waals surface area contributed by atoms with Crippen LogP contribution in [0.4, 0.5) is 11.9 Å². The Bertz CT molecular complexity index is 1330. The number of rotatable bonds is 5. The van der Waals surface area contributed by atoms with Crippen LogP contribution in [0.2, 0.25) is 0 Å². The minimum atomic E-state index is 0.187. The zero-order valence-electron chi connectivity index (χ0n) is 19.8. The molecule has 3 aromatic heterocycles. The van der Waals surface area contributed by atoms with Crippen LogP contribution in [0.3, 0.4) is 0 Å². The summed E-state index contributed by atoms with van der Waals surface area (Å²) in [6, 6.07) is 7.00. The molecule has 0 amide bonds. The molecule has 0 aliphatic carbocycles. The molecular formula is C24H30BrN9. The summed E-state index contributed by atoms with van der Waals surface area (Å²) in [4.78, 5) is 22.9. The fourth-order valence-corrected chi connectivity index (χ4v) is 5.61. The van der Waals surface area contributed by atoms with Crippen molar-refractivity contribution in [3.63, 3.8) is 0 Å². The number of aromatic amines is 1. The van der Waals surface area contributed by atoms with E-state index in [-0.39, 0.29) is 6.04 Å². The van der Waals surface area contributed by atoms with Crippen LogP contribution in [0.5, 0.6) is 0 Å². The van der Waals surface area contributed by atoms with Gasteiger partial charge in [-0.05, 0) is 79.7 Å². The van der Waals surface area contributed by atoms with Crippen molar-refractivity contribution in [3.8, 4) is 0 Å². The van der Waals surface area contributed by atoms with Crippen LogP contribution in [0.15, 0.2) is 28.9 Å². The fraction of sp³-hybridized carbons (Fsp3) is 0.500. The lowest BCUT2D eigenvalue weighted by Crippen LogP contribution is -2.40. The van der Waals surface area contributed by atoms with Crippen LogP contribution in [0.25, 0.3) is 16.7 Å². The Labute approximate surface area is 207 Å². The molecule has 2 aliphatic heterocycles. The van der Waals surface area contributed by atoms with E-state index in [4.69, 9.17) is 15.0 Å². The number of anilines is 2. The lowest BCUT2D eigenvalue weighted by molar-refractivity contribution is 0.340. The molecule has 2 N–H and O–H groups in total. The number of nitrogens with zero attached hydrogens (tertiary/aromatic N) is 7. The quantitative estimate of drug-likeness (QED) is 0.412. The second kappa shape index (κ2) is 8.49. The highest BCUT2D eigenvalue weighted by Gasteiger charge is 2.36. The summed E-state index contributed by atoms with van der Waals surface area (Å²) < 4.78 is 2.71. The van der Waals surface area contributed by atoms with Crippen LogP contribution in [-0.4, -0.2) is 61.3 Å². The Morgan fingerprint density at radius 3 is 2.91 bits per heavy atom. The highest BCUT2D eigenvalue weighted by atomic mass is 79.9. The van der Waals surface area contributed by atoms with E-state index in [9.17, 15) is 0 Å². The van der Waals surface area contributed by atoms with Crippen LogP contribution < -0.4 is 15.1 Å². The van der Waals surface area contributed by atoms with Crippen molar-refractivity contribution in [1.82, 2.24) is 34.9 Å². The van der Waals surface area contributed by atoms with Gasteiger partial charge >= 0.3 is 0 Å². The van der Waals surface area contributed by atoms with Crippen molar-refractivity contribution in [2.24, 2.45) is 5.92 Å². The number of fused-ring (bicyclic) bond motifs is 3. The predicted octanol–water partition coefficient (Wildman–Crippen LogP) is 3.67. The summed E-state index contributed by atoms with van der Waals surface area (Å²) in [7, 11) is 0. The second-order valence-corrected chi connectivity index (χ2v) is 10.7. The third-order valence-corrected chi connectivity index (χ3v) is 7.62. The minimum Gasteiger partial charge on any atom is -0.340 e. The first kappa shape index (κ1) is 21.8. The van der Waals surface area contributed by atoms with Crippen molar-refractivity contribution in [1.29, 1.82) is 0 Å². The Balaban J connectivity index is 1.39. The fourth-order valence-electron chi connectivity index (χ4n) is 5.26. The molecule has 5 heterocycles. The van der Waals surface area contributed by atoms with Gasteiger partial charge in [0.1, 0.15) is 5.82 Å². The first-order chi connectivity index (χ1) is 16.5. The van der Waals surface area contributed by atoms with E-state index in [1.54, 1.807) is 6.20 Å². The number of imidazole rings is 1. The van der Waals surface area contributed by atoms with Crippen molar-refractivity contribution in [2.75, 3.05) is 29.4 Å². The van der Waals surface area contributed by atoms with Crippen LogP contribution in [-0.2, 0) is 6.54 Å². The zero-order valence-corrected chi connectivity index (χ0v) is 21.4. The molecule has 2 aliphatic rings. The van der Waals surface area contributed by atoms with Gasteiger partial charge in [-0.25, -0.2) is 4.98 Å². The highest BCUT2D eigenvalue weighted by molar-refractivity contribution is 9.10. The van der Waals surface area contributed by atoms with Gasteiger partial charge < -0.3 is 20.1 Å². The van der Waals surface area contributed by atoms with Gasteiger partial charge in [-0.3, -0.25) is 0 Å². The molecule has 178 valence electrons. The van der Waals surface area contributed by atoms with E-state index in [0.29, 0.717) is 18.5 Å². The van der Waals surface area contributed by atoms with E-state index in [0.717, 1.165) is 58.5 Å². The number of piperidine rings is 1. The molecule has 0 unspecified atom stereocenters. The lowest BCUT2D eigenvalue weighted by atomic mass is 9.94. The number of aromatic nitrogens is 6. The number of H-pyrrole nitrogens is 1. The third-order valence-electron chi connectivity index (χ3n) is 7.06.